The van der Waals surface area contributed by atoms with Gasteiger partial charge < -0.3 is 49.3 Å². The van der Waals surface area contributed by atoms with Crippen LogP contribution < -0.4 is 0 Å². The van der Waals surface area contributed by atoms with Gasteiger partial charge in [0.25, 0.3) is 0 Å². The number of phosphoric acid groups is 2. The van der Waals surface area contributed by atoms with Crippen LogP contribution >= 0.6 is 15.6 Å². The lowest BCUT2D eigenvalue weighted by molar-refractivity contribution is -0.216. The van der Waals surface area contributed by atoms with Crippen molar-refractivity contribution < 1.29 is 81.6 Å². The maximum absolute atomic E-state index is 13.0. The van der Waals surface area contributed by atoms with Crippen molar-refractivity contribution in [3.05, 3.63) is 60.8 Å². The molecule has 1 saturated carbocycles. The third-order valence-electron chi connectivity index (χ3n) is 11.0. The number of hydrogen-bond acceptors (Lipinski definition) is 14. The molecule has 17 nitrogen and oxygen atoms in total. The average Bonchev–Trinajstić information content (AvgIpc) is 4.03. The van der Waals surface area contributed by atoms with E-state index in [1.54, 1.807) is 0 Å². The zero-order chi connectivity index (χ0) is 48.6. The smallest absolute Gasteiger partial charge is 0.462 e. The van der Waals surface area contributed by atoms with Gasteiger partial charge in [0.15, 0.2) is 6.10 Å². The first-order chi connectivity index (χ1) is 31.6. The lowest BCUT2D eigenvalue weighted by atomic mass is 9.85. The van der Waals surface area contributed by atoms with Gasteiger partial charge in [-0.3, -0.25) is 23.2 Å². The van der Waals surface area contributed by atoms with Crippen LogP contribution in [0.3, 0.4) is 0 Å². The minimum Gasteiger partial charge on any atom is -0.462 e. The van der Waals surface area contributed by atoms with Crippen molar-refractivity contribution in [1.82, 2.24) is 0 Å². The highest BCUT2D eigenvalue weighted by Crippen LogP contribution is 2.49. The first kappa shape index (κ1) is 59.8. The highest BCUT2D eigenvalue weighted by atomic mass is 31.2. The number of carbonyl (C=O) groups excluding carboxylic acids is 2. The molecule has 2 fully saturated rings. The minimum absolute atomic E-state index is 0.0110. The Morgan fingerprint density at radius 1 is 0.545 bits per heavy atom. The number of rotatable bonds is 38. The van der Waals surface area contributed by atoms with Crippen LogP contribution in [0.5, 0.6) is 0 Å². The van der Waals surface area contributed by atoms with Gasteiger partial charge in [-0.05, 0) is 83.5 Å². The Morgan fingerprint density at radius 3 is 1.59 bits per heavy atom. The van der Waals surface area contributed by atoms with E-state index in [9.17, 15) is 53.8 Å². The molecule has 10 atom stereocenters. The van der Waals surface area contributed by atoms with E-state index in [2.05, 4.69) is 67.0 Å². The van der Waals surface area contributed by atoms with Gasteiger partial charge in [0.2, 0.25) is 0 Å². The summed E-state index contributed by atoms with van der Waals surface area (Å²) in [4.78, 5) is 54.3. The quantitative estimate of drug-likeness (QED) is 0.0101. The van der Waals surface area contributed by atoms with Crippen molar-refractivity contribution in [3.63, 3.8) is 0 Å². The molecule has 1 heterocycles. The fourth-order valence-electron chi connectivity index (χ4n) is 7.09. The summed E-state index contributed by atoms with van der Waals surface area (Å²) in [7, 11) is -10.7. The first-order valence-electron chi connectivity index (χ1n) is 24.0. The fraction of sp³-hybridized carbons (Fsp3) is 0.745. The summed E-state index contributed by atoms with van der Waals surface area (Å²) in [6.45, 7) is 2.98. The number of aliphatic hydroxyl groups excluding tert-OH is 4. The van der Waals surface area contributed by atoms with Crippen molar-refractivity contribution in [2.24, 2.45) is 0 Å². The van der Waals surface area contributed by atoms with Gasteiger partial charge in [-0.15, -0.1) is 0 Å². The molecule has 0 aromatic heterocycles. The molecule has 2 aliphatic rings. The minimum atomic E-state index is -5.37. The van der Waals surface area contributed by atoms with Gasteiger partial charge in [0.05, 0.1) is 18.8 Å². The van der Waals surface area contributed by atoms with Crippen LogP contribution in [-0.4, -0.2) is 115 Å². The second kappa shape index (κ2) is 34.9. The van der Waals surface area contributed by atoms with Gasteiger partial charge in [0.1, 0.15) is 43.2 Å². The summed E-state index contributed by atoms with van der Waals surface area (Å²) in [5.41, 5.74) is 0. The van der Waals surface area contributed by atoms with E-state index in [0.29, 0.717) is 25.4 Å². The number of aliphatic hydroxyl groups is 4. The maximum atomic E-state index is 13.0. The summed E-state index contributed by atoms with van der Waals surface area (Å²) in [6, 6.07) is 0. The Bertz CT molecular complexity index is 1580. The third kappa shape index (κ3) is 28.2. The molecule has 66 heavy (non-hydrogen) atoms. The molecule has 7 unspecified atom stereocenters. The van der Waals surface area contributed by atoms with Crippen molar-refractivity contribution in [2.45, 2.75) is 210 Å². The molecule has 0 aromatic carbocycles. The predicted octanol–water partition coefficient (Wildman–Crippen LogP) is 8.05. The number of unbranched alkanes of at least 4 members (excludes halogenated alkanes) is 12. The number of allylic oxidation sites excluding steroid dienone is 8. The van der Waals surface area contributed by atoms with E-state index in [1.807, 2.05) is 12.2 Å². The molecule has 380 valence electrons. The summed E-state index contributed by atoms with van der Waals surface area (Å²) in [5.74, 6) is -1.30. The Balaban J connectivity index is 1.82. The predicted molar refractivity (Wildman–Crippen MR) is 250 cm³/mol. The zero-order valence-corrected chi connectivity index (χ0v) is 40.8. The third-order valence-corrected chi connectivity index (χ3v) is 12.5. The van der Waals surface area contributed by atoms with Gasteiger partial charge in [-0.25, -0.2) is 9.13 Å². The number of ether oxygens (including phenoxy) is 3. The van der Waals surface area contributed by atoms with E-state index in [1.165, 1.54) is 38.5 Å². The second-order valence-corrected chi connectivity index (χ2v) is 19.5. The van der Waals surface area contributed by atoms with E-state index in [-0.39, 0.29) is 18.9 Å². The van der Waals surface area contributed by atoms with E-state index in [0.717, 1.165) is 70.6 Å². The van der Waals surface area contributed by atoms with Crippen LogP contribution in [0.1, 0.15) is 155 Å². The van der Waals surface area contributed by atoms with Gasteiger partial charge in [-0.2, -0.15) is 0 Å². The summed E-state index contributed by atoms with van der Waals surface area (Å²) < 4.78 is 55.1. The lowest BCUT2D eigenvalue weighted by Crippen LogP contribution is -2.64. The standard InChI is InChI=1S/C47H80O17P2/c1-3-5-7-9-11-12-13-14-15-16-17-18-21-26-30-34-41(49)61-37(36-60-66(57,58)64-47-44(52)42(50)43(51)46(45(47)53)63-65(54,55)56)35-59-40(48)33-29-25-22-19-20-24-28-32-39-38(62-39)31-27-23-10-8-6-4-2/h11-12,14-15,19,22-24,27-28,37-39,42-47,50-53H,3-10,13,16-18,20-21,25-26,29-36H2,1-2H3,(H,57,58)(H2,54,55,56)/b12-11-,15-14-,22-19-,27-23-,28-24-/t37-,38?,39?,42?,43?,44?,45?,46-,47+/m1/s1. The molecule has 0 aromatic rings. The lowest BCUT2D eigenvalue weighted by Gasteiger charge is -2.43. The topological polar surface area (TPSA) is 269 Å². The van der Waals surface area contributed by atoms with E-state index >= 15 is 0 Å². The summed E-state index contributed by atoms with van der Waals surface area (Å²) >= 11 is 0. The molecule has 1 aliphatic carbocycles. The van der Waals surface area contributed by atoms with Gasteiger partial charge in [-0.1, -0.05) is 120 Å². The summed E-state index contributed by atoms with van der Waals surface area (Å²) in [6.07, 6.45) is 26.4. The van der Waals surface area contributed by atoms with Crippen molar-refractivity contribution >= 4 is 27.6 Å². The van der Waals surface area contributed by atoms with Crippen LogP contribution in [0, 0.1) is 0 Å². The molecule has 0 spiro atoms. The number of hydrogen-bond donors (Lipinski definition) is 7. The number of esters is 2. The van der Waals surface area contributed by atoms with Crippen LogP contribution in [0.4, 0.5) is 0 Å². The maximum Gasteiger partial charge on any atom is 0.472 e. The van der Waals surface area contributed by atoms with Crippen LogP contribution in [0.25, 0.3) is 0 Å². The fourth-order valence-corrected chi connectivity index (χ4v) is 8.63. The molecule has 7 N–H and O–H groups in total. The van der Waals surface area contributed by atoms with E-state index in [4.69, 9.17) is 23.3 Å². The Labute approximate surface area is 392 Å². The van der Waals surface area contributed by atoms with Crippen LogP contribution in [-0.2, 0) is 46.5 Å². The Kier molecular flexibility index (Phi) is 31.6. The second-order valence-electron chi connectivity index (χ2n) is 16.9. The molecule has 1 saturated heterocycles. The molecule has 0 amide bonds. The normalized spacial score (nSPS) is 25.1. The average molecular weight is 979 g/mol. The molecular weight excluding hydrogens is 898 g/mol. The first-order valence-corrected chi connectivity index (χ1v) is 27.0. The largest absolute Gasteiger partial charge is 0.472 e. The zero-order valence-electron chi connectivity index (χ0n) is 39.0. The van der Waals surface area contributed by atoms with Crippen molar-refractivity contribution in [2.75, 3.05) is 13.2 Å². The summed E-state index contributed by atoms with van der Waals surface area (Å²) in [5, 5.41) is 41.2. The number of carbonyl (C=O) groups is 2. The molecular formula is C47H80O17P2. The molecule has 2 rings (SSSR count). The highest BCUT2D eigenvalue weighted by molar-refractivity contribution is 7.47. The monoisotopic (exact) mass is 978 g/mol. The van der Waals surface area contributed by atoms with Crippen LogP contribution in [0.15, 0.2) is 60.8 Å². The van der Waals surface area contributed by atoms with Gasteiger partial charge in [0, 0.05) is 12.8 Å². The van der Waals surface area contributed by atoms with Gasteiger partial charge >= 0.3 is 27.6 Å². The van der Waals surface area contributed by atoms with Crippen LogP contribution in [0.2, 0.25) is 0 Å². The SMILES string of the molecule is CCCCC/C=C\C/C=C\CCCCCCCC(=O)O[C@H](COC(=O)CCC/C=C\C/C=C\CC1OC1C/C=C\CCCCC)COP(=O)(O)O[C@H]1C(O)C(O)C(O)[C@@H](OP(=O)(O)O)C1O. The van der Waals surface area contributed by atoms with Crippen molar-refractivity contribution in [3.8, 4) is 0 Å². The number of phosphoric ester groups is 2. The number of epoxide rings is 1. The van der Waals surface area contributed by atoms with E-state index < -0.39 is 83.5 Å². The molecule has 19 heteroatoms. The molecule has 1 aliphatic heterocycles. The Hall–Kier alpha value is -2.34. The Morgan fingerprint density at radius 2 is 1.02 bits per heavy atom. The highest BCUT2D eigenvalue weighted by Gasteiger charge is 2.54. The molecule has 0 radical (unpaired) electrons. The molecule has 0 bridgehead atoms. The van der Waals surface area contributed by atoms with Crippen molar-refractivity contribution in [1.29, 1.82) is 0 Å².